The lowest BCUT2D eigenvalue weighted by atomic mass is 10.2. The minimum atomic E-state index is 0.975. The molecule has 162 valence electrons. The predicted octanol–water partition coefficient (Wildman–Crippen LogP) is 8.01. The number of aromatic nitrogens is 3. The Kier molecular flexibility index (Phi) is 5.13. The second-order valence-corrected chi connectivity index (χ2v) is 8.18. The monoisotopic (exact) mass is 437 g/mol. The van der Waals surface area contributed by atoms with Crippen LogP contribution < -0.4 is 0 Å². The van der Waals surface area contributed by atoms with Gasteiger partial charge in [0.05, 0.1) is 11.0 Å². The van der Waals surface area contributed by atoms with Gasteiger partial charge in [-0.25, -0.2) is 4.98 Å². The van der Waals surface area contributed by atoms with E-state index in [1.807, 2.05) is 30.3 Å². The third-order valence-electron chi connectivity index (χ3n) is 6.02. The molecular weight excluding hydrogens is 414 g/mol. The highest BCUT2D eigenvalue weighted by Crippen LogP contribution is 2.28. The van der Waals surface area contributed by atoms with Crippen LogP contribution in [0.2, 0.25) is 0 Å². The number of hydrogen-bond acceptors (Lipinski definition) is 1. The third kappa shape index (κ3) is 3.63. The summed E-state index contributed by atoms with van der Waals surface area (Å²) in [6.45, 7) is 0. The normalized spacial score (nSPS) is 10.9. The van der Waals surface area contributed by atoms with Crippen LogP contribution in [0, 0.1) is 0 Å². The highest BCUT2D eigenvalue weighted by molar-refractivity contribution is 6.06. The Bertz CT molecular complexity index is 1640. The Balaban J connectivity index is 0.000000143. The highest BCUT2D eigenvalue weighted by Gasteiger charge is 2.13. The number of aromatic amines is 1. The smallest absolute Gasteiger partial charge is 0.145 e. The number of imidazole rings is 1. The van der Waals surface area contributed by atoms with E-state index in [9.17, 15) is 0 Å². The fourth-order valence-corrected chi connectivity index (χ4v) is 4.44. The minimum absolute atomic E-state index is 0.975. The van der Waals surface area contributed by atoms with Crippen molar-refractivity contribution in [1.82, 2.24) is 14.5 Å². The maximum atomic E-state index is 4.82. The summed E-state index contributed by atoms with van der Waals surface area (Å²) in [6.07, 6.45) is 0. The van der Waals surface area contributed by atoms with Gasteiger partial charge in [-0.05, 0) is 36.4 Å². The summed E-state index contributed by atoms with van der Waals surface area (Å²) in [5.74, 6) is 0.975. The van der Waals surface area contributed by atoms with Crippen molar-refractivity contribution in [3.8, 4) is 17.1 Å². The van der Waals surface area contributed by atoms with Crippen molar-refractivity contribution >= 4 is 32.8 Å². The van der Waals surface area contributed by atoms with Crippen LogP contribution in [0.4, 0.5) is 0 Å². The fourth-order valence-electron chi connectivity index (χ4n) is 4.44. The number of para-hydroxylation sites is 5. The number of fused-ring (bicyclic) bond motifs is 4. The standard InChI is InChI=1S/C19H14N2.C12H9N/c1-3-9-15(10-4-1)19-20-17-13-7-8-14-18(17)21(19)16-11-5-2-6-12-16;1-3-7-11-9(5-1)10-6-2-4-8-12(10)13-11/h1-14H;1-8,13H. The largest absolute Gasteiger partial charge is 0.355 e. The van der Waals surface area contributed by atoms with Crippen molar-refractivity contribution in [3.05, 3.63) is 133 Å². The first-order chi connectivity index (χ1) is 16.9. The molecule has 0 saturated heterocycles. The number of benzene rings is 5. The van der Waals surface area contributed by atoms with E-state index >= 15 is 0 Å². The molecule has 0 spiro atoms. The van der Waals surface area contributed by atoms with Crippen molar-refractivity contribution < 1.29 is 0 Å². The van der Waals surface area contributed by atoms with Gasteiger partial charge in [0.25, 0.3) is 0 Å². The molecule has 2 aromatic heterocycles. The van der Waals surface area contributed by atoms with Gasteiger partial charge in [-0.2, -0.15) is 0 Å². The molecule has 2 heterocycles. The van der Waals surface area contributed by atoms with Gasteiger partial charge in [-0.15, -0.1) is 0 Å². The van der Waals surface area contributed by atoms with Crippen LogP contribution >= 0.6 is 0 Å². The molecule has 0 unspecified atom stereocenters. The van der Waals surface area contributed by atoms with E-state index in [2.05, 4.69) is 113 Å². The van der Waals surface area contributed by atoms with Crippen LogP contribution in [0.3, 0.4) is 0 Å². The molecule has 7 aromatic rings. The first-order valence-corrected chi connectivity index (χ1v) is 11.4. The second-order valence-electron chi connectivity index (χ2n) is 8.18. The Morgan fingerprint density at radius 3 is 1.71 bits per heavy atom. The number of hydrogen-bond donors (Lipinski definition) is 1. The zero-order valence-electron chi connectivity index (χ0n) is 18.6. The second kappa shape index (κ2) is 8.72. The van der Waals surface area contributed by atoms with E-state index < -0.39 is 0 Å². The summed E-state index contributed by atoms with van der Waals surface area (Å²) < 4.78 is 2.21. The Hall–Kier alpha value is -4.63. The minimum Gasteiger partial charge on any atom is -0.355 e. The lowest BCUT2D eigenvalue weighted by molar-refractivity contribution is 1.10. The molecule has 0 bridgehead atoms. The van der Waals surface area contributed by atoms with Gasteiger partial charge < -0.3 is 4.98 Å². The van der Waals surface area contributed by atoms with Crippen LogP contribution in [0.25, 0.3) is 49.9 Å². The van der Waals surface area contributed by atoms with Gasteiger partial charge in [0.1, 0.15) is 5.82 Å². The molecule has 0 saturated carbocycles. The average molecular weight is 438 g/mol. The lowest BCUT2D eigenvalue weighted by Gasteiger charge is -2.09. The van der Waals surface area contributed by atoms with Crippen molar-refractivity contribution in [3.63, 3.8) is 0 Å². The van der Waals surface area contributed by atoms with E-state index in [1.54, 1.807) is 0 Å². The molecule has 3 nitrogen and oxygen atoms in total. The lowest BCUT2D eigenvalue weighted by Crippen LogP contribution is -1.96. The summed E-state index contributed by atoms with van der Waals surface area (Å²) in [5.41, 5.74) is 6.82. The van der Waals surface area contributed by atoms with Crippen LogP contribution in [0.1, 0.15) is 0 Å². The Morgan fingerprint density at radius 2 is 1.03 bits per heavy atom. The van der Waals surface area contributed by atoms with Crippen molar-refractivity contribution in [2.45, 2.75) is 0 Å². The number of H-pyrrole nitrogens is 1. The molecule has 0 radical (unpaired) electrons. The number of nitrogens with one attached hydrogen (secondary N) is 1. The molecule has 1 N–H and O–H groups in total. The Morgan fingerprint density at radius 1 is 0.500 bits per heavy atom. The molecule has 34 heavy (non-hydrogen) atoms. The van der Waals surface area contributed by atoms with Crippen LogP contribution in [-0.4, -0.2) is 14.5 Å². The molecule has 5 aromatic carbocycles. The van der Waals surface area contributed by atoms with Crippen molar-refractivity contribution in [2.75, 3.05) is 0 Å². The molecule has 0 atom stereocenters. The van der Waals surface area contributed by atoms with E-state index in [1.165, 1.54) is 21.8 Å². The zero-order valence-corrected chi connectivity index (χ0v) is 18.6. The van der Waals surface area contributed by atoms with Gasteiger partial charge >= 0.3 is 0 Å². The average Bonchev–Trinajstić information content (AvgIpc) is 3.49. The maximum absolute atomic E-state index is 4.82. The quantitative estimate of drug-likeness (QED) is 0.292. The number of rotatable bonds is 2. The Labute approximate surface area is 198 Å². The van der Waals surface area contributed by atoms with Gasteiger partial charge in [-0.1, -0.05) is 97.1 Å². The molecule has 0 fully saturated rings. The van der Waals surface area contributed by atoms with Crippen LogP contribution in [0.15, 0.2) is 133 Å². The first-order valence-electron chi connectivity index (χ1n) is 11.4. The van der Waals surface area contributed by atoms with Crippen molar-refractivity contribution in [2.24, 2.45) is 0 Å². The molecule has 7 rings (SSSR count). The maximum Gasteiger partial charge on any atom is 0.145 e. The number of nitrogens with zero attached hydrogens (tertiary/aromatic N) is 2. The molecule has 0 aliphatic heterocycles. The highest BCUT2D eigenvalue weighted by atomic mass is 15.1. The molecular formula is C31H23N3. The summed E-state index contributed by atoms with van der Waals surface area (Å²) >= 11 is 0. The molecule has 0 aliphatic rings. The van der Waals surface area contributed by atoms with Gasteiger partial charge in [0.2, 0.25) is 0 Å². The van der Waals surface area contributed by atoms with Gasteiger partial charge in [0, 0.05) is 33.1 Å². The van der Waals surface area contributed by atoms with Crippen molar-refractivity contribution in [1.29, 1.82) is 0 Å². The van der Waals surface area contributed by atoms with E-state index in [0.717, 1.165) is 28.1 Å². The first kappa shape index (κ1) is 20.0. The predicted molar refractivity (Wildman–Crippen MR) is 142 cm³/mol. The van der Waals surface area contributed by atoms with Crippen LogP contribution in [-0.2, 0) is 0 Å². The summed E-state index contributed by atoms with van der Waals surface area (Å²) in [5, 5.41) is 2.61. The van der Waals surface area contributed by atoms with E-state index in [0.29, 0.717) is 0 Å². The topological polar surface area (TPSA) is 33.6 Å². The molecule has 0 amide bonds. The van der Waals surface area contributed by atoms with Gasteiger partial charge in [-0.3, -0.25) is 4.57 Å². The zero-order chi connectivity index (χ0) is 22.7. The summed E-state index contributed by atoms with van der Waals surface area (Å²) in [7, 11) is 0. The summed E-state index contributed by atoms with van der Waals surface area (Å²) in [6, 6.07) is 45.7. The van der Waals surface area contributed by atoms with E-state index in [4.69, 9.17) is 4.98 Å². The molecule has 0 aliphatic carbocycles. The van der Waals surface area contributed by atoms with Gasteiger partial charge in [0.15, 0.2) is 0 Å². The van der Waals surface area contributed by atoms with E-state index in [-0.39, 0.29) is 0 Å². The van der Waals surface area contributed by atoms with Crippen LogP contribution in [0.5, 0.6) is 0 Å². The molecule has 3 heteroatoms. The summed E-state index contributed by atoms with van der Waals surface area (Å²) in [4.78, 5) is 8.20. The third-order valence-corrected chi connectivity index (χ3v) is 6.02. The fraction of sp³-hybridized carbons (Fsp3) is 0. The SMILES string of the molecule is c1ccc(-c2nc3ccccc3n2-c2ccccc2)cc1.c1ccc2c(c1)[nH]c1ccccc12.